The van der Waals surface area contributed by atoms with E-state index in [4.69, 9.17) is 0 Å². The first-order valence-electron chi connectivity index (χ1n) is 5.76. The summed E-state index contributed by atoms with van der Waals surface area (Å²) in [6, 6.07) is 19.1. The Balaban J connectivity index is 2.21. The fourth-order valence-corrected chi connectivity index (χ4v) is 1.85. The Morgan fingerprint density at radius 3 is 2.31 bits per heavy atom. The molecular weight excluding hydrogens is 194 g/mol. The van der Waals surface area contributed by atoms with Crippen LogP contribution in [0.3, 0.4) is 0 Å². The molecule has 0 spiro atoms. The number of nitrogens with one attached hydrogen (secondary N) is 1. The third-order valence-electron chi connectivity index (χ3n) is 2.62. The number of benzene rings is 2. The van der Waals surface area contributed by atoms with Crippen molar-refractivity contribution in [2.45, 2.75) is 13.3 Å². The minimum absolute atomic E-state index is 0.964. The van der Waals surface area contributed by atoms with Gasteiger partial charge >= 0.3 is 0 Å². The van der Waals surface area contributed by atoms with Crippen molar-refractivity contribution in [3.05, 3.63) is 65.7 Å². The second kappa shape index (κ2) is 5.36. The summed E-state index contributed by atoms with van der Waals surface area (Å²) < 4.78 is 0. The molecule has 0 bridgehead atoms. The number of hydrogen-bond acceptors (Lipinski definition) is 1. The maximum Gasteiger partial charge on any atom is 0.0376 e. The molecular formula is C15H17N. The van der Waals surface area contributed by atoms with E-state index in [9.17, 15) is 0 Å². The van der Waals surface area contributed by atoms with E-state index in [1.807, 2.05) is 0 Å². The third kappa shape index (κ3) is 2.63. The molecule has 82 valence electrons. The summed E-state index contributed by atoms with van der Waals surface area (Å²) in [4.78, 5) is 0. The van der Waals surface area contributed by atoms with Crippen molar-refractivity contribution in [2.24, 2.45) is 0 Å². The van der Waals surface area contributed by atoms with Crippen LogP contribution in [0.1, 0.15) is 18.1 Å². The average Bonchev–Trinajstić information content (AvgIpc) is 2.33. The Hall–Kier alpha value is -1.76. The van der Waals surface area contributed by atoms with Crippen molar-refractivity contribution in [2.75, 3.05) is 11.9 Å². The van der Waals surface area contributed by atoms with Gasteiger partial charge in [0, 0.05) is 12.2 Å². The second-order valence-electron chi connectivity index (χ2n) is 3.85. The highest BCUT2D eigenvalue weighted by molar-refractivity contribution is 5.52. The van der Waals surface area contributed by atoms with E-state index in [1.54, 1.807) is 0 Å². The second-order valence-corrected chi connectivity index (χ2v) is 3.85. The summed E-state index contributed by atoms with van der Waals surface area (Å²) in [5.74, 6) is 0. The van der Waals surface area contributed by atoms with Gasteiger partial charge < -0.3 is 5.32 Å². The van der Waals surface area contributed by atoms with E-state index in [0.29, 0.717) is 0 Å². The van der Waals surface area contributed by atoms with E-state index >= 15 is 0 Å². The van der Waals surface area contributed by atoms with E-state index in [1.165, 1.54) is 16.8 Å². The number of anilines is 1. The highest BCUT2D eigenvalue weighted by atomic mass is 14.9. The van der Waals surface area contributed by atoms with Gasteiger partial charge in [-0.2, -0.15) is 0 Å². The molecule has 0 aliphatic heterocycles. The lowest BCUT2D eigenvalue weighted by molar-refractivity contribution is 1.15. The van der Waals surface area contributed by atoms with Gasteiger partial charge in [-0.05, 0) is 30.5 Å². The first kappa shape index (κ1) is 10.7. The van der Waals surface area contributed by atoms with Gasteiger partial charge in [0.1, 0.15) is 0 Å². The molecule has 16 heavy (non-hydrogen) atoms. The molecule has 1 nitrogen and oxygen atoms in total. The van der Waals surface area contributed by atoms with Crippen molar-refractivity contribution < 1.29 is 0 Å². The fourth-order valence-electron chi connectivity index (χ4n) is 1.85. The molecule has 0 atom stereocenters. The van der Waals surface area contributed by atoms with Crippen LogP contribution in [0, 0.1) is 0 Å². The van der Waals surface area contributed by atoms with Gasteiger partial charge in [-0.1, -0.05) is 48.5 Å². The Morgan fingerprint density at radius 2 is 1.56 bits per heavy atom. The van der Waals surface area contributed by atoms with Crippen molar-refractivity contribution in [3.63, 3.8) is 0 Å². The third-order valence-corrected chi connectivity index (χ3v) is 2.62. The Labute approximate surface area is 97.1 Å². The lowest BCUT2D eigenvalue weighted by Crippen LogP contribution is -2.01. The molecule has 0 unspecified atom stereocenters. The lowest BCUT2D eigenvalue weighted by Gasteiger charge is -2.10. The van der Waals surface area contributed by atoms with Crippen LogP contribution in [0.4, 0.5) is 5.69 Å². The predicted octanol–water partition coefficient (Wildman–Crippen LogP) is 3.71. The quantitative estimate of drug-likeness (QED) is 0.813. The topological polar surface area (TPSA) is 12.0 Å². The van der Waals surface area contributed by atoms with Crippen LogP contribution >= 0.6 is 0 Å². The van der Waals surface area contributed by atoms with Gasteiger partial charge in [-0.15, -0.1) is 0 Å². The minimum atomic E-state index is 0.964. The lowest BCUT2D eigenvalue weighted by atomic mass is 10.0. The molecule has 1 N–H and O–H groups in total. The van der Waals surface area contributed by atoms with Crippen molar-refractivity contribution in [3.8, 4) is 0 Å². The molecule has 0 aliphatic rings. The van der Waals surface area contributed by atoms with E-state index in [0.717, 1.165) is 13.0 Å². The SMILES string of the molecule is CCNc1ccccc1Cc1ccccc1. The van der Waals surface area contributed by atoms with Crippen LogP contribution in [-0.4, -0.2) is 6.54 Å². The van der Waals surface area contributed by atoms with Crippen LogP contribution in [-0.2, 0) is 6.42 Å². The first-order valence-corrected chi connectivity index (χ1v) is 5.76. The fraction of sp³-hybridized carbons (Fsp3) is 0.200. The molecule has 2 aromatic carbocycles. The number of hydrogen-bond donors (Lipinski definition) is 1. The van der Waals surface area contributed by atoms with Gasteiger partial charge in [0.25, 0.3) is 0 Å². The Bertz CT molecular complexity index is 434. The van der Waals surface area contributed by atoms with Crippen molar-refractivity contribution >= 4 is 5.69 Å². The zero-order chi connectivity index (χ0) is 11.2. The van der Waals surface area contributed by atoms with Crippen LogP contribution in [0.5, 0.6) is 0 Å². The highest BCUT2D eigenvalue weighted by Gasteiger charge is 2.01. The van der Waals surface area contributed by atoms with Crippen LogP contribution < -0.4 is 5.32 Å². The predicted molar refractivity (Wildman–Crippen MR) is 69.9 cm³/mol. The molecule has 0 radical (unpaired) electrons. The zero-order valence-corrected chi connectivity index (χ0v) is 9.61. The van der Waals surface area contributed by atoms with Gasteiger partial charge in [0.05, 0.1) is 0 Å². The molecule has 0 aromatic heterocycles. The van der Waals surface area contributed by atoms with E-state index in [2.05, 4.69) is 66.8 Å². The van der Waals surface area contributed by atoms with Crippen molar-refractivity contribution in [1.29, 1.82) is 0 Å². The van der Waals surface area contributed by atoms with Crippen molar-refractivity contribution in [1.82, 2.24) is 0 Å². The maximum absolute atomic E-state index is 3.40. The van der Waals surface area contributed by atoms with Gasteiger partial charge in [-0.25, -0.2) is 0 Å². The summed E-state index contributed by atoms with van der Waals surface area (Å²) >= 11 is 0. The molecule has 0 saturated heterocycles. The normalized spacial score (nSPS) is 10.1. The Kier molecular flexibility index (Phi) is 3.60. The van der Waals surface area contributed by atoms with Gasteiger partial charge in [0.2, 0.25) is 0 Å². The average molecular weight is 211 g/mol. The molecule has 2 aromatic rings. The summed E-state index contributed by atoms with van der Waals surface area (Å²) in [5, 5.41) is 3.40. The first-order chi connectivity index (χ1) is 7.90. The molecule has 0 fully saturated rings. The highest BCUT2D eigenvalue weighted by Crippen LogP contribution is 2.18. The summed E-state index contributed by atoms with van der Waals surface area (Å²) in [5.41, 5.74) is 3.96. The monoisotopic (exact) mass is 211 g/mol. The zero-order valence-electron chi connectivity index (χ0n) is 9.61. The maximum atomic E-state index is 3.40. The Morgan fingerprint density at radius 1 is 0.875 bits per heavy atom. The molecule has 0 heterocycles. The summed E-state index contributed by atoms with van der Waals surface area (Å²) in [6.45, 7) is 3.09. The smallest absolute Gasteiger partial charge is 0.0376 e. The number of para-hydroxylation sites is 1. The minimum Gasteiger partial charge on any atom is -0.385 e. The molecule has 0 aliphatic carbocycles. The van der Waals surface area contributed by atoms with Crippen LogP contribution in [0.15, 0.2) is 54.6 Å². The standard InChI is InChI=1S/C15H17N/c1-2-16-15-11-7-6-10-14(15)12-13-8-4-3-5-9-13/h3-11,16H,2,12H2,1H3. The number of rotatable bonds is 4. The van der Waals surface area contributed by atoms with Crippen LogP contribution in [0.2, 0.25) is 0 Å². The van der Waals surface area contributed by atoms with Crippen LogP contribution in [0.25, 0.3) is 0 Å². The summed E-state index contributed by atoms with van der Waals surface area (Å²) in [6.07, 6.45) is 0.990. The molecule has 2 rings (SSSR count). The molecule has 1 heteroatoms. The van der Waals surface area contributed by atoms with E-state index < -0.39 is 0 Å². The van der Waals surface area contributed by atoms with Gasteiger partial charge in [0.15, 0.2) is 0 Å². The molecule has 0 amide bonds. The summed E-state index contributed by atoms with van der Waals surface area (Å²) in [7, 11) is 0. The molecule has 0 saturated carbocycles. The van der Waals surface area contributed by atoms with Gasteiger partial charge in [-0.3, -0.25) is 0 Å². The van der Waals surface area contributed by atoms with E-state index in [-0.39, 0.29) is 0 Å². The largest absolute Gasteiger partial charge is 0.385 e.